The number of aromatic nitrogens is 5. The summed E-state index contributed by atoms with van der Waals surface area (Å²) in [5.41, 5.74) is 2.11. The molecule has 1 saturated carbocycles. The Morgan fingerprint density at radius 2 is 2.19 bits per heavy atom. The maximum atomic E-state index is 14.2. The molecule has 1 aromatic carbocycles. The number of imidazole rings is 1. The standard InChI is InChI=1S/C17H11BrF2N6O/c18-16-10(20)2-11-8(3-22-25-11)15(16)12-5-26-6-13(23-14(26)4-21-12)24-17(27)7-1-9(7)19/h2-7,9H,1H2,(H,22,25)(H,24,27)/t7-,9+/m1/s1. The first kappa shape index (κ1) is 16.3. The monoisotopic (exact) mass is 432 g/mol. The van der Waals surface area contributed by atoms with E-state index in [1.807, 2.05) is 0 Å². The van der Waals surface area contributed by atoms with Gasteiger partial charge in [-0.2, -0.15) is 5.10 Å². The zero-order valence-electron chi connectivity index (χ0n) is 13.6. The highest BCUT2D eigenvalue weighted by Gasteiger charge is 2.43. The van der Waals surface area contributed by atoms with Crippen molar-refractivity contribution in [2.75, 3.05) is 5.32 Å². The molecule has 136 valence electrons. The van der Waals surface area contributed by atoms with Gasteiger partial charge in [0.2, 0.25) is 5.91 Å². The Kier molecular flexibility index (Phi) is 3.51. The number of anilines is 1. The van der Waals surface area contributed by atoms with E-state index >= 15 is 0 Å². The number of amides is 1. The molecule has 0 spiro atoms. The smallest absolute Gasteiger partial charge is 0.231 e. The zero-order valence-corrected chi connectivity index (χ0v) is 15.2. The Morgan fingerprint density at radius 3 is 2.96 bits per heavy atom. The molecule has 0 radical (unpaired) electrons. The number of nitrogens with one attached hydrogen (secondary N) is 2. The molecule has 3 aromatic heterocycles. The van der Waals surface area contributed by atoms with Crippen molar-refractivity contribution < 1.29 is 13.6 Å². The lowest BCUT2D eigenvalue weighted by Crippen LogP contribution is -2.15. The molecule has 0 unspecified atom stereocenters. The summed E-state index contributed by atoms with van der Waals surface area (Å²) in [7, 11) is 0. The maximum Gasteiger partial charge on any atom is 0.231 e. The molecular formula is C17H11BrF2N6O. The van der Waals surface area contributed by atoms with Gasteiger partial charge in [-0.25, -0.2) is 13.8 Å². The summed E-state index contributed by atoms with van der Waals surface area (Å²) in [4.78, 5) is 20.5. The van der Waals surface area contributed by atoms with Gasteiger partial charge in [-0.15, -0.1) is 0 Å². The lowest BCUT2D eigenvalue weighted by molar-refractivity contribution is -0.117. The Labute approximate surface area is 158 Å². The van der Waals surface area contributed by atoms with Crippen LogP contribution in [-0.4, -0.2) is 36.6 Å². The van der Waals surface area contributed by atoms with Crippen LogP contribution in [0.25, 0.3) is 27.8 Å². The molecule has 3 heterocycles. The van der Waals surface area contributed by atoms with Crippen molar-refractivity contribution in [2.45, 2.75) is 12.6 Å². The third-order valence-electron chi connectivity index (χ3n) is 4.54. The fourth-order valence-corrected chi connectivity index (χ4v) is 3.56. The molecule has 10 heteroatoms. The van der Waals surface area contributed by atoms with E-state index in [4.69, 9.17) is 0 Å². The second-order valence-electron chi connectivity index (χ2n) is 6.39. The molecule has 1 fully saturated rings. The summed E-state index contributed by atoms with van der Waals surface area (Å²) < 4.78 is 29.2. The minimum absolute atomic E-state index is 0.249. The molecule has 0 saturated heterocycles. The lowest BCUT2D eigenvalue weighted by Gasteiger charge is -2.07. The van der Waals surface area contributed by atoms with Gasteiger partial charge in [0, 0.05) is 23.2 Å². The minimum Gasteiger partial charge on any atom is -0.309 e. The molecule has 2 N–H and O–H groups in total. The number of aromatic amines is 1. The number of H-pyrrole nitrogens is 1. The van der Waals surface area contributed by atoms with Crippen molar-refractivity contribution in [3.8, 4) is 11.3 Å². The summed E-state index contributed by atoms with van der Waals surface area (Å²) in [6.45, 7) is 0. The van der Waals surface area contributed by atoms with E-state index in [-0.39, 0.29) is 16.8 Å². The molecule has 5 rings (SSSR count). The van der Waals surface area contributed by atoms with E-state index in [1.165, 1.54) is 12.3 Å². The van der Waals surface area contributed by atoms with Crippen LogP contribution in [0.5, 0.6) is 0 Å². The van der Waals surface area contributed by atoms with E-state index in [0.29, 0.717) is 33.6 Å². The van der Waals surface area contributed by atoms with Crippen molar-refractivity contribution in [3.63, 3.8) is 0 Å². The van der Waals surface area contributed by atoms with Gasteiger partial charge < -0.3 is 9.72 Å². The number of benzene rings is 1. The first-order valence-corrected chi connectivity index (χ1v) is 8.91. The van der Waals surface area contributed by atoms with Crippen LogP contribution in [0.4, 0.5) is 14.6 Å². The number of halogens is 3. The van der Waals surface area contributed by atoms with Crippen molar-refractivity contribution in [3.05, 3.63) is 41.1 Å². The summed E-state index contributed by atoms with van der Waals surface area (Å²) >= 11 is 3.28. The third-order valence-corrected chi connectivity index (χ3v) is 5.31. The van der Waals surface area contributed by atoms with E-state index in [1.54, 1.807) is 23.0 Å². The largest absolute Gasteiger partial charge is 0.309 e. The first-order valence-electron chi connectivity index (χ1n) is 8.12. The molecule has 4 aromatic rings. The van der Waals surface area contributed by atoms with Gasteiger partial charge in [0.1, 0.15) is 12.0 Å². The molecule has 1 aliphatic rings. The van der Waals surface area contributed by atoms with Gasteiger partial charge in [-0.1, -0.05) is 0 Å². The molecule has 1 amide bonds. The fourth-order valence-electron chi connectivity index (χ4n) is 3.03. The average Bonchev–Trinajstić information content (AvgIpc) is 3.02. The van der Waals surface area contributed by atoms with Gasteiger partial charge in [0.25, 0.3) is 0 Å². The highest BCUT2D eigenvalue weighted by molar-refractivity contribution is 9.10. The van der Waals surface area contributed by atoms with Gasteiger partial charge in [-0.05, 0) is 22.4 Å². The van der Waals surface area contributed by atoms with Gasteiger partial charge in [0.05, 0.1) is 40.2 Å². The van der Waals surface area contributed by atoms with Gasteiger partial charge in [0.15, 0.2) is 11.5 Å². The molecule has 0 aliphatic heterocycles. The van der Waals surface area contributed by atoms with Crippen molar-refractivity contribution in [1.29, 1.82) is 0 Å². The number of alkyl halides is 1. The highest BCUT2D eigenvalue weighted by atomic mass is 79.9. The summed E-state index contributed by atoms with van der Waals surface area (Å²) in [6, 6.07) is 1.36. The van der Waals surface area contributed by atoms with Crippen LogP contribution < -0.4 is 5.32 Å². The van der Waals surface area contributed by atoms with Crippen molar-refractivity contribution in [1.82, 2.24) is 24.6 Å². The molecule has 7 nitrogen and oxygen atoms in total. The SMILES string of the molecule is O=C(Nc1cn2cc(-c3c(Br)c(F)cc4[nH]ncc34)ncc2n1)[C@@H]1C[C@@H]1F. The normalized spacial score (nSPS) is 18.9. The van der Waals surface area contributed by atoms with Crippen LogP contribution in [0, 0.1) is 11.7 Å². The van der Waals surface area contributed by atoms with E-state index in [0.717, 1.165) is 0 Å². The van der Waals surface area contributed by atoms with Crippen LogP contribution >= 0.6 is 15.9 Å². The maximum absolute atomic E-state index is 14.2. The first-order chi connectivity index (χ1) is 13.0. The second-order valence-corrected chi connectivity index (χ2v) is 7.18. The number of rotatable bonds is 3. The Bertz CT molecular complexity index is 1220. The average molecular weight is 433 g/mol. The predicted molar refractivity (Wildman–Crippen MR) is 97.4 cm³/mol. The summed E-state index contributed by atoms with van der Waals surface area (Å²) in [6.07, 6.45) is 5.58. The van der Waals surface area contributed by atoms with E-state index in [9.17, 15) is 13.6 Å². The third kappa shape index (κ3) is 2.67. The Balaban J connectivity index is 1.56. The molecule has 0 bridgehead atoms. The van der Waals surface area contributed by atoms with Crippen molar-refractivity contribution >= 4 is 44.2 Å². The summed E-state index contributed by atoms with van der Waals surface area (Å²) in [5.74, 6) is -1.11. The molecule has 2 atom stereocenters. The number of hydrogen-bond donors (Lipinski definition) is 2. The topological polar surface area (TPSA) is 88.0 Å². The van der Waals surface area contributed by atoms with Gasteiger partial charge in [-0.3, -0.25) is 14.9 Å². The summed E-state index contributed by atoms with van der Waals surface area (Å²) in [5, 5.41) is 10.0. The Hall–Kier alpha value is -2.88. The van der Waals surface area contributed by atoms with Crippen LogP contribution in [0.2, 0.25) is 0 Å². The number of carbonyl (C=O) groups excluding carboxylic acids is 1. The van der Waals surface area contributed by atoms with Crippen LogP contribution in [0.3, 0.4) is 0 Å². The quantitative estimate of drug-likeness (QED) is 0.518. The predicted octanol–water partition coefficient (Wildman–Crippen LogP) is 3.47. The number of hydrogen-bond acceptors (Lipinski definition) is 4. The molecular weight excluding hydrogens is 422 g/mol. The number of carbonyl (C=O) groups is 1. The van der Waals surface area contributed by atoms with Gasteiger partial charge >= 0.3 is 0 Å². The van der Waals surface area contributed by atoms with Crippen molar-refractivity contribution in [2.24, 2.45) is 5.92 Å². The molecule has 1 aliphatic carbocycles. The molecule has 27 heavy (non-hydrogen) atoms. The highest BCUT2D eigenvalue weighted by Crippen LogP contribution is 2.36. The minimum atomic E-state index is -1.07. The second kappa shape index (κ2) is 5.81. The van der Waals surface area contributed by atoms with Crippen LogP contribution in [0.15, 0.2) is 35.3 Å². The van der Waals surface area contributed by atoms with E-state index in [2.05, 4.69) is 41.4 Å². The fraction of sp³-hybridized carbons (Fsp3) is 0.176. The lowest BCUT2D eigenvalue weighted by atomic mass is 10.1. The Morgan fingerprint density at radius 1 is 1.37 bits per heavy atom. The van der Waals surface area contributed by atoms with Crippen LogP contribution in [-0.2, 0) is 4.79 Å². The zero-order chi connectivity index (χ0) is 18.7. The van der Waals surface area contributed by atoms with Crippen LogP contribution in [0.1, 0.15) is 6.42 Å². The number of fused-ring (bicyclic) bond motifs is 2. The van der Waals surface area contributed by atoms with E-state index < -0.39 is 17.9 Å². The number of nitrogens with zero attached hydrogens (tertiary/aromatic N) is 4.